The fourth-order valence-electron chi connectivity index (χ4n) is 1.65. The molecule has 1 aliphatic carbocycles. The fraction of sp³-hybridized carbons (Fsp3) is 0.833. The van der Waals surface area contributed by atoms with Gasteiger partial charge in [0.15, 0.2) is 0 Å². The molecular weight excluding hydrogens is 218 g/mol. The molecule has 1 fully saturated rings. The second-order valence-corrected chi connectivity index (χ2v) is 4.90. The van der Waals surface area contributed by atoms with Crippen LogP contribution in [0, 0.1) is 5.41 Å². The molecule has 0 aliphatic heterocycles. The highest BCUT2D eigenvalue weighted by Crippen LogP contribution is 2.46. The van der Waals surface area contributed by atoms with Crippen LogP contribution in [0.15, 0.2) is 0 Å². The molecule has 0 aromatic carbocycles. The van der Waals surface area contributed by atoms with Crippen molar-refractivity contribution in [3.8, 4) is 0 Å². The molecule has 0 atom stereocenters. The van der Waals surface area contributed by atoms with E-state index >= 15 is 0 Å². The van der Waals surface area contributed by atoms with E-state index in [9.17, 15) is 9.59 Å². The van der Waals surface area contributed by atoms with Crippen LogP contribution >= 0.6 is 0 Å². The van der Waals surface area contributed by atoms with E-state index in [4.69, 9.17) is 0 Å². The number of amides is 2. The lowest BCUT2D eigenvalue weighted by molar-refractivity contribution is -0.137. The van der Waals surface area contributed by atoms with Crippen LogP contribution in [0.2, 0.25) is 0 Å². The lowest BCUT2D eigenvalue weighted by Gasteiger charge is -2.16. The first-order valence-electron chi connectivity index (χ1n) is 6.24. The van der Waals surface area contributed by atoms with Crippen molar-refractivity contribution < 1.29 is 9.59 Å². The molecule has 17 heavy (non-hydrogen) atoms. The maximum Gasteiger partial charge on any atom is 0.235 e. The number of rotatable bonds is 7. The van der Waals surface area contributed by atoms with E-state index in [1.807, 2.05) is 25.9 Å². The summed E-state index contributed by atoms with van der Waals surface area (Å²) >= 11 is 0. The third kappa shape index (κ3) is 3.70. The van der Waals surface area contributed by atoms with E-state index in [0.29, 0.717) is 25.9 Å². The van der Waals surface area contributed by atoms with Crippen LogP contribution in [0.3, 0.4) is 0 Å². The Bertz CT molecular complexity index is 285. The van der Waals surface area contributed by atoms with Crippen LogP contribution in [-0.2, 0) is 9.59 Å². The van der Waals surface area contributed by atoms with Gasteiger partial charge in [-0.15, -0.1) is 0 Å². The summed E-state index contributed by atoms with van der Waals surface area (Å²) in [6.07, 6.45) is 2.25. The third-order valence-corrected chi connectivity index (χ3v) is 3.00. The van der Waals surface area contributed by atoms with Crippen molar-refractivity contribution in [1.82, 2.24) is 15.5 Å². The van der Waals surface area contributed by atoms with Gasteiger partial charge in [-0.2, -0.15) is 0 Å². The van der Waals surface area contributed by atoms with Gasteiger partial charge < -0.3 is 15.5 Å². The Labute approximate surface area is 103 Å². The minimum atomic E-state index is -0.762. The number of nitrogens with one attached hydrogen (secondary N) is 2. The first-order valence-corrected chi connectivity index (χ1v) is 6.24. The molecule has 5 heteroatoms. The van der Waals surface area contributed by atoms with E-state index in [2.05, 4.69) is 10.6 Å². The van der Waals surface area contributed by atoms with E-state index in [1.165, 1.54) is 0 Å². The summed E-state index contributed by atoms with van der Waals surface area (Å²) in [4.78, 5) is 25.8. The summed E-state index contributed by atoms with van der Waals surface area (Å²) in [5.41, 5.74) is -0.762. The summed E-state index contributed by atoms with van der Waals surface area (Å²) < 4.78 is 0. The molecule has 0 radical (unpaired) electrons. The topological polar surface area (TPSA) is 61.4 Å². The number of hydrogen-bond acceptors (Lipinski definition) is 3. The fourth-order valence-corrected chi connectivity index (χ4v) is 1.65. The zero-order valence-corrected chi connectivity index (χ0v) is 11.0. The van der Waals surface area contributed by atoms with Gasteiger partial charge in [0.25, 0.3) is 0 Å². The predicted molar refractivity (Wildman–Crippen MR) is 66.5 cm³/mol. The lowest BCUT2D eigenvalue weighted by atomic mass is 10.1. The van der Waals surface area contributed by atoms with Gasteiger partial charge in [0.1, 0.15) is 5.41 Å². The molecule has 5 nitrogen and oxygen atoms in total. The molecule has 1 aliphatic rings. The monoisotopic (exact) mass is 241 g/mol. The molecule has 0 spiro atoms. The largest absolute Gasteiger partial charge is 0.355 e. The van der Waals surface area contributed by atoms with Crippen molar-refractivity contribution >= 4 is 11.8 Å². The Balaban J connectivity index is 2.37. The highest BCUT2D eigenvalue weighted by atomic mass is 16.2. The first-order chi connectivity index (χ1) is 8.03. The SMILES string of the molecule is CCCNC(=O)C1(C(=O)NCCN(C)C)CC1. The van der Waals surface area contributed by atoms with Crippen LogP contribution < -0.4 is 10.6 Å². The summed E-state index contributed by atoms with van der Waals surface area (Å²) in [6.45, 7) is 4.02. The first kappa shape index (κ1) is 14.0. The van der Waals surface area contributed by atoms with E-state index in [1.54, 1.807) is 0 Å². The molecule has 1 saturated carbocycles. The van der Waals surface area contributed by atoms with Gasteiger partial charge in [0, 0.05) is 19.6 Å². The average molecular weight is 241 g/mol. The van der Waals surface area contributed by atoms with E-state index < -0.39 is 5.41 Å². The van der Waals surface area contributed by atoms with Gasteiger partial charge >= 0.3 is 0 Å². The Morgan fingerprint density at radius 2 is 1.65 bits per heavy atom. The Kier molecular flexibility index (Phi) is 4.93. The highest BCUT2D eigenvalue weighted by molar-refractivity contribution is 6.07. The molecule has 98 valence electrons. The lowest BCUT2D eigenvalue weighted by Crippen LogP contribution is -2.44. The van der Waals surface area contributed by atoms with Crippen LogP contribution in [0.5, 0.6) is 0 Å². The molecule has 2 N–H and O–H groups in total. The van der Waals surface area contributed by atoms with Gasteiger partial charge in [0.05, 0.1) is 0 Å². The number of carbonyl (C=O) groups is 2. The Hall–Kier alpha value is -1.10. The number of likely N-dealkylation sites (N-methyl/N-ethyl adjacent to an activating group) is 1. The highest BCUT2D eigenvalue weighted by Gasteiger charge is 2.56. The van der Waals surface area contributed by atoms with E-state index in [-0.39, 0.29) is 11.8 Å². The molecule has 1 rings (SSSR count). The van der Waals surface area contributed by atoms with E-state index in [0.717, 1.165) is 13.0 Å². The number of hydrogen-bond donors (Lipinski definition) is 2. The minimum Gasteiger partial charge on any atom is -0.355 e. The maximum absolute atomic E-state index is 11.9. The Morgan fingerprint density at radius 3 is 2.06 bits per heavy atom. The molecule has 0 unspecified atom stereocenters. The van der Waals surface area contributed by atoms with Gasteiger partial charge in [-0.05, 0) is 33.4 Å². The number of carbonyl (C=O) groups excluding carboxylic acids is 2. The second-order valence-electron chi connectivity index (χ2n) is 4.90. The molecular formula is C12H23N3O2. The van der Waals surface area contributed by atoms with Crippen molar-refractivity contribution in [2.45, 2.75) is 26.2 Å². The summed E-state index contributed by atoms with van der Waals surface area (Å²) in [6, 6.07) is 0. The van der Waals surface area contributed by atoms with Crippen molar-refractivity contribution in [2.75, 3.05) is 33.7 Å². The zero-order valence-electron chi connectivity index (χ0n) is 11.0. The number of nitrogens with zero attached hydrogens (tertiary/aromatic N) is 1. The molecule has 0 heterocycles. The van der Waals surface area contributed by atoms with Crippen molar-refractivity contribution in [2.24, 2.45) is 5.41 Å². The molecule has 0 aromatic heterocycles. The molecule has 0 aromatic rings. The van der Waals surface area contributed by atoms with Crippen molar-refractivity contribution in [1.29, 1.82) is 0 Å². The molecule has 0 saturated heterocycles. The summed E-state index contributed by atoms with van der Waals surface area (Å²) in [5.74, 6) is -0.227. The predicted octanol–water partition coefficient (Wildman–Crippen LogP) is -0.0294. The van der Waals surface area contributed by atoms with Crippen LogP contribution in [0.25, 0.3) is 0 Å². The van der Waals surface area contributed by atoms with Crippen molar-refractivity contribution in [3.63, 3.8) is 0 Å². The Morgan fingerprint density at radius 1 is 1.12 bits per heavy atom. The average Bonchev–Trinajstić information content (AvgIpc) is 3.06. The van der Waals surface area contributed by atoms with Gasteiger partial charge in [-0.1, -0.05) is 6.92 Å². The van der Waals surface area contributed by atoms with Crippen molar-refractivity contribution in [3.05, 3.63) is 0 Å². The van der Waals surface area contributed by atoms with Crippen LogP contribution in [0.1, 0.15) is 26.2 Å². The normalized spacial score (nSPS) is 16.7. The smallest absolute Gasteiger partial charge is 0.235 e. The standard InChI is InChI=1S/C12H23N3O2/c1-4-7-13-10(16)12(5-6-12)11(17)14-8-9-15(2)3/h4-9H2,1-3H3,(H,13,16)(H,14,17). The second kappa shape index (κ2) is 6.00. The van der Waals surface area contributed by atoms with Crippen LogP contribution in [-0.4, -0.2) is 50.4 Å². The maximum atomic E-state index is 11.9. The zero-order chi connectivity index (χ0) is 12.9. The quantitative estimate of drug-likeness (QED) is 0.615. The summed E-state index contributed by atoms with van der Waals surface area (Å²) in [7, 11) is 3.90. The van der Waals surface area contributed by atoms with Gasteiger partial charge in [-0.25, -0.2) is 0 Å². The molecule has 0 bridgehead atoms. The van der Waals surface area contributed by atoms with Gasteiger partial charge in [-0.3, -0.25) is 9.59 Å². The third-order valence-electron chi connectivity index (χ3n) is 3.00. The minimum absolute atomic E-state index is 0.110. The summed E-state index contributed by atoms with van der Waals surface area (Å²) in [5, 5.41) is 5.64. The van der Waals surface area contributed by atoms with Crippen LogP contribution in [0.4, 0.5) is 0 Å². The molecule has 2 amide bonds. The van der Waals surface area contributed by atoms with Gasteiger partial charge in [0.2, 0.25) is 11.8 Å².